The van der Waals surface area contributed by atoms with Crippen LogP contribution < -0.4 is 10.1 Å². The predicted octanol–water partition coefficient (Wildman–Crippen LogP) is 3.96. The third-order valence-corrected chi connectivity index (χ3v) is 4.93. The Labute approximate surface area is 185 Å². The molecule has 0 heterocycles. The molecule has 0 aliphatic carbocycles. The van der Waals surface area contributed by atoms with E-state index in [-0.39, 0.29) is 17.7 Å². The molecule has 6 heteroatoms. The van der Waals surface area contributed by atoms with Gasteiger partial charge in [-0.05, 0) is 36.6 Å². The first kappa shape index (κ1) is 24.4. The van der Waals surface area contributed by atoms with E-state index in [1.54, 1.807) is 12.0 Å². The van der Waals surface area contributed by atoms with Crippen molar-refractivity contribution >= 4 is 11.8 Å². The van der Waals surface area contributed by atoms with Crippen LogP contribution in [0, 0.1) is 5.92 Å². The number of benzene rings is 2. The maximum Gasteiger partial charge on any atom is 0.247 e. The van der Waals surface area contributed by atoms with Gasteiger partial charge in [-0.1, -0.05) is 56.3 Å². The van der Waals surface area contributed by atoms with Crippen molar-refractivity contribution in [2.75, 3.05) is 26.9 Å². The zero-order valence-electron chi connectivity index (χ0n) is 19.0. The lowest BCUT2D eigenvalue weighted by molar-refractivity contribution is -0.144. The Balaban J connectivity index is 2.30. The Bertz CT molecular complexity index is 806. The largest absolute Gasteiger partial charge is 0.497 e. The lowest BCUT2D eigenvalue weighted by atomic mass is 10.0. The summed E-state index contributed by atoms with van der Waals surface area (Å²) in [7, 11) is 1.62. The Morgan fingerprint density at radius 2 is 1.71 bits per heavy atom. The molecule has 168 valence electrons. The summed E-state index contributed by atoms with van der Waals surface area (Å²) in [5, 5.41) is 2.99. The minimum absolute atomic E-state index is 0.0749. The topological polar surface area (TPSA) is 67.9 Å². The van der Waals surface area contributed by atoms with Gasteiger partial charge in [-0.25, -0.2) is 0 Å². The number of ether oxygens (including phenoxy) is 2. The summed E-state index contributed by atoms with van der Waals surface area (Å²) >= 11 is 0. The summed E-state index contributed by atoms with van der Waals surface area (Å²) in [6.07, 6.45) is 0.720. The van der Waals surface area contributed by atoms with Crippen LogP contribution in [0.3, 0.4) is 0 Å². The van der Waals surface area contributed by atoms with Crippen molar-refractivity contribution in [3.8, 4) is 5.75 Å². The highest BCUT2D eigenvalue weighted by molar-refractivity contribution is 5.89. The highest BCUT2D eigenvalue weighted by Crippen LogP contribution is 2.26. The van der Waals surface area contributed by atoms with Crippen LogP contribution in [0.1, 0.15) is 44.4 Å². The van der Waals surface area contributed by atoms with Gasteiger partial charge in [0.05, 0.1) is 7.11 Å². The normalized spacial score (nSPS) is 11.8. The fourth-order valence-electron chi connectivity index (χ4n) is 3.29. The van der Waals surface area contributed by atoms with Crippen molar-refractivity contribution in [2.45, 2.75) is 39.8 Å². The fraction of sp³-hybridized carbons (Fsp3) is 0.440. The van der Waals surface area contributed by atoms with Crippen LogP contribution in [0.5, 0.6) is 5.75 Å². The van der Waals surface area contributed by atoms with Crippen LogP contribution in [-0.2, 0) is 20.9 Å². The smallest absolute Gasteiger partial charge is 0.247 e. The molecule has 0 saturated carbocycles. The van der Waals surface area contributed by atoms with Gasteiger partial charge in [-0.15, -0.1) is 0 Å². The Morgan fingerprint density at radius 1 is 1.03 bits per heavy atom. The van der Waals surface area contributed by atoms with Gasteiger partial charge in [0.1, 0.15) is 11.8 Å². The van der Waals surface area contributed by atoms with Crippen molar-refractivity contribution < 1.29 is 19.1 Å². The summed E-state index contributed by atoms with van der Waals surface area (Å²) in [6.45, 7) is 7.71. The molecule has 0 aliphatic heterocycles. The van der Waals surface area contributed by atoms with Crippen molar-refractivity contribution in [3.63, 3.8) is 0 Å². The van der Waals surface area contributed by atoms with Gasteiger partial charge in [0, 0.05) is 32.2 Å². The van der Waals surface area contributed by atoms with Crippen molar-refractivity contribution in [2.24, 2.45) is 5.92 Å². The molecule has 2 aromatic rings. The van der Waals surface area contributed by atoms with E-state index in [2.05, 4.69) is 5.32 Å². The number of rotatable bonds is 12. The lowest BCUT2D eigenvalue weighted by Gasteiger charge is -2.33. The molecule has 0 radical (unpaired) electrons. The molecule has 31 heavy (non-hydrogen) atoms. The average molecular weight is 427 g/mol. The van der Waals surface area contributed by atoms with Crippen LogP contribution in [0.4, 0.5) is 0 Å². The van der Waals surface area contributed by atoms with Crippen LogP contribution >= 0.6 is 0 Å². The third-order valence-electron chi connectivity index (χ3n) is 4.93. The van der Waals surface area contributed by atoms with Crippen LogP contribution in [0.2, 0.25) is 0 Å². The van der Waals surface area contributed by atoms with Gasteiger partial charge >= 0.3 is 0 Å². The van der Waals surface area contributed by atoms with E-state index in [0.29, 0.717) is 26.3 Å². The number of methoxy groups -OCH3 is 1. The van der Waals surface area contributed by atoms with Crippen molar-refractivity contribution in [1.82, 2.24) is 10.2 Å². The molecule has 6 nitrogen and oxygen atoms in total. The van der Waals surface area contributed by atoms with Crippen LogP contribution in [0.15, 0.2) is 54.6 Å². The average Bonchev–Trinajstić information content (AvgIpc) is 2.79. The van der Waals surface area contributed by atoms with Gasteiger partial charge in [0.15, 0.2) is 0 Å². The predicted molar refractivity (Wildman–Crippen MR) is 122 cm³/mol. The van der Waals surface area contributed by atoms with E-state index >= 15 is 0 Å². The van der Waals surface area contributed by atoms with E-state index in [1.165, 1.54) is 0 Å². The molecule has 0 unspecified atom stereocenters. The van der Waals surface area contributed by atoms with Gasteiger partial charge in [0.25, 0.3) is 0 Å². The zero-order valence-corrected chi connectivity index (χ0v) is 19.0. The number of nitrogens with zero attached hydrogens (tertiary/aromatic N) is 1. The highest BCUT2D eigenvalue weighted by Gasteiger charge is 2.32. The number of carbonyl (C=O) groups excluding carboxylic acids is 2. The van der Waals surface area contributed by atoms with Gasteiger partial charge in [-0.3, -0.25) is 9.59 Å². The summed E-state index contributed by atoms with van der Waals surface area (Å²) in [5.41, 5.74) is 1.71. The van der Waals surface area contributed by atoms with Crippen LogP contribution in [-0.4, -0.2) is 43.6 Å². The third kappa shape index (κ3) is 7.40. The minimum atomic E-state index is -0.717. The second-order valence-electron chi connectivity index (χ2n) is 7.62. The monoisotopic (exact) mass is 426 g/mol. The van der Waals surface area contributed by atoms with Crippen molar-refractivity contribution in [1.29, 1.82) is 0 Å². The molecular formula is C25H34N2O4. The molecule has 0 spiro atoms. The minimum Gasteiger partial charge on any atom is -0.497 e. The summed E-state index contributed by atoms with van der Waals surface area (Å²) < 4.78 is 10.6. The first-order valence-corrected chi connectivity index (χ1v) is 10.8. The lowest BCUT2D eigenvalue weighted by Crippen LogP contribution is -2.45. The van der Waals surface area contributed by atoms with Crippen molar-refractivity contribution in [3.05, 3.63) is 65.7 Å². The van der Waals surface area contributed by atoms with Gasteiger partial charge in [-0.2, -0.15) is 0 Å². The Morgan fingerprint density at radius 3 is 2.29 bits per heavy atom. The standard InChI is InChI=1S/C25H34N2O4/c1-5-31-17-9-16-26-24(28)23(21-10-7-6-8-11-21)27(25(29)19(2)3)18-20-12-14-22(30-4)15-13-20/h6-8,10-15,19,23H,5,9,16-18H2,1-4H3,(H,26,28)/t23-/m0/s1. The number of carbonyl (C=O) groups is 2. The number of hydrogen-bond donors (Lipinski definition) is 1. The maximum absolute atomic E-state index is 13.3. The summed E-state index contributed by atoms with van der Waals surface area (Å²) in [5.74, 6) is 0.242. The van der Waals surface area contributed by atoms with E-state index in [1.807, 2.05) is 75.4 Å². The zero-order chi connectivity index (χ0) is 22.6. The van der Waals surface area contributed by atoms with Gasteiger partial charge < -0.3 is 19.7 Å². The molecule has 0 aliphatic rings. The molecule has 0 bridgehead atoms. The number of hydrogen-bond acceptors (Lipinski definition) is 4. The second kappa shape index (κ2) is 12.7. The first-order valence-electron chi connectivity index (χ1n) is 10.8. The molecule has 2 rings (SSSR count). The Kier molecular flexibility index (Phi) is 10.0. The molecule has 0 fully saturated rings. The maximum atomic E-state index is 13.3. The summed E-state index contributed by atoms with van der Waals surface area (Å²) in [4.78, 5) is 28.1. The fourth-order valence-corrected chi connectivity index (χ4v) is 3.29. The molecule has 1 atom stereocenters. The molecule has 2 aromatic carbocycles. The first-order chi connectivity index (χ1) is 15.0. The molecule has 2 amide bonds. The molecule has 1 N–H and O–H groups in total. The van der Waals surface area contributed by atoms with E-state index in [9.17, 15) is 9.59 Å². The SMILES string of the molecule is CCOCCCNC(=O)[C@H](c1ccccc1)N(Cc1ccc(OC)cc1)C(=O)C(C)C. The number of amides is 2. The molecular weight excluding hydrogens is 392 g/mol. The van der Waals surface area contributed by atoms with Gasteiger partial charge in [0.2, 0.25) is 11.8 Å². The molecule has 0 aromatic heterocycles. The molecule has 0 saturated heterocycles. The number of nitrogens with one attached hydrogen (secondary N) is 1. The van der Waals surface area contributed by atoms with Crippen LogP contribution in [0.25, 0.3) is 0 Å². The van der Waals surface area contributed by atoms with E-state index in [0.717, 1.165) is 23.3 Å². The summed E-state index contributed by atoms with van der Waals surface area (Å²) in [6, 6.07) is 16.3. The van der Waals surface area contributed by atoms with E-state index < -0.39 is 6.04 Å². The van der Waals surface area contributed by atoms with E-state index in [4.69, 9.17) is 9.47 Å². The second-order valence-corrected chi connectivity index (χ2v) is 7.62. The highest BCUT2D eigenvalue weighted by atomic mass is 16.5. The quantitative estimate of drug-likeness (QED) is 0.522. The Hall–Kier alpha value is -2.86.